The first-order valence-electron chi connectivity index (χ1n) is 9.12. The monoisotopic (exact) mass is 487 g/mol. The second-order valence-electron chi connectivity index (χ2n) is 6.69. The van der Waals surface area contributed by atoms with Gasteiger partial charge in [0.05, 0.1) is 21.6 Å². The largest absolute Gasteiger partial charge is 0.455 e. The predicted octanol–water partition coefficient (Wildman–Crippen LogP) is 2.89. The number of hydrogen-bond donors (Lipinski definition) is 1. The quantitative estimate of drug-likeness (QED) is 0.360. The van der Waals surface area contributed by atoms with Gasteiger partial charge in [0, 0.05) is 25.2 Å². The number of carbonyl (C=O) groups excluding carboxylic acids is 2. The Morgan fingerprint density at radius 1 is 1.29 bits per heavy atom. The van der Waals surface area contributed by atoms with Crippen molar-refractivity contribution in [2.45, 2.75) is 17.1 Å². The molecule has 1 fully saturated rings. The summed E-state index contributed by atoms with van der Waals surface area (Å²) >= 11 is 7.05. The summed E-state index contributed by atoms with van der Waals surface area (Å²) in [6, 6.07) is 6.77. The smallest absolute Gasteiger partial charge is 0.309 e. The van der Waals surface area contributed by atoms with Crippen LogP contribution in [-0.4, -0.2) is 49.2 Å². The van der Waals surface area contributed by atoms with Gasteiger partial charge in [-0.05, 0) is 30.4 Å². The van der Waals surface area contributed by atoms with E-state index in [-0.39, 0.29) is 46.5 Å². The maximum Gasteiger partial charge on any atom is 0.309 e. The Hall–Kier alpha value is -2.54. The average Bonchev–Trinajstić information content (AvgIpc) is 3.29. The first kappa shape index (κ1) is 23.1. The van der Waals surface area contributed by atoms with Crippen molar-refractivity contribution in [3.8, 4) is 0 Å². The number of rotatable bonds is 7. The molecular weight excluding hydrogens is 470 g/mol. The summed E-state index contributed by atoms with van der Waals surface area (Å²) in [5.41, 5.74) is -0.218. The van der Waals surface area contributed by atoms with Crippen LogP contribution in [0.1, 0.15) is 12.8 Å². The number of hydrogen-bond acceptors (Lipinski definition) is 8. The lowest BCUT2D eigenvalue weighted by Gasteiger charge is -2.29. The SMILES string of the molecule is O=C(COC(=O)C1CCN(S(=O)(=O)c2cccs2)CC1)Nc1cc([N+](=O)[O-])ccc1Cl. The van der Waals surface area contributed by atoms with Gasteiger partial charge in [-0.25, -0.2) is 8.42 Å². The Morgan fingerprint density at radius 2 is 2.00 bits per heavy atom. The number of nitrogens with one attached hydrogen (secondary N) is 1. The maximum atomic E-state index is 12.5. The summed E-state index contributed by atoms with van der Waals surface area (Å²) in [5.74, 6) is -1.83. The van der Waals surface area contributed by atoms with Crippen LogP contribution in [0.3, 0.4) is 0 Å². The number of carbonyl (C=O) groups is 2. The van der Waals surface area contributed by atoms with Crippen LogP contribution in [0.4, 0.5) is 11.4 Å². The molecular formula is C18H18ClN3O7S2. The molecule has 166 valence electrons. The predicted molar refractivity (Wildman–Crippen MR) is 113 cm³/mol. The lowest BCUT2D eigenvalue weighted by atomic mass is 9.98. The van der Waals surface area contributed by atoms with Crippen molar-refractivity contribution in [1.29, 1.82) is 0 Å². The normalized spacial score (nSPS) is 15.4. The van der Waals surface area contributed by atoms with Gasteiger partial charge in [0.2, 0.25) is 0 Å². The molecule has 1 N–H and O–H groups in total. The highest BCUT2D eigenvalue weighted by atomic mass is 35.5. The number of nitro groups is 1. The van der Waals surface area contributed by atoms with Gasteiger partial charge in [0.25, 0.3) is 21.6 Å². The van der Waals surface area contributed by atoms with Gasteiger partial charge in [-0.1, -0.05) is 17.7 Å². The molecule has 1 aromatic carbocycles. The number of thiophene rings is 1. The van der Waals surface area contributed by atoms with Crippen molar-refractivity contribution in [2.24, 2.45) is 5.92 Å². The van der Waals surface area contributed by atoms with Crippen molar-refractivity contribution in [2.75, 3.05) is 25.0 Å². The number of esters is 1. The molecule has 0 radical (unpaired) electrons. The Balaban J connectivity index is 1.49. The fourth-order valence-electron chi connectivity index (χ4n) is 3.03. The zero-order chi connectivity index (χ0) is 22.6. The van der Waals surface area contributed by atoms with Gasteiger partial charge >= 0.3 is 5.97 Å². The van der Waals surface area contributed by atoms with Gasteiger partial charge in [0.1, 0.15) is 4.21 Å². The zero-order valence-corrected chi connectivity index (χ0v) is 18.4. The molecule has 1 saturated heterocycles. The molecule has 2 heterocycles. The second kappa shape index (κ2) is 9.73. The minimum absolute atomic E-state index is 0.0315. The molecule has 0 bridgehead atoms. The number of halogens is 1. The molecule has 1 aromatic heterocycles. The third kappa shape index (κ3) is 5.58. The average molecular weight is 488 g/mol. The molecule has 1 aliphatic rings. The van der Waals surface area contributed by atoms with Gasteiger partial charge < -0.3 is 10.1 Å². The van der Waals surface area contributed by atoms with E-state index in [9.17, 15) is 28.1 Å². The number of anilines is 1. The number of benzene rings is 1. The molecule has 1 amide bonds. The minimum Gasteiger partial charge on any atom is -0.455 e. The summed E-state index contributed by atoms with van der Waals surface area (Å²) in [4.78, 5) is 34.5. The van der Waals surface area contributed by atoms with E-state index in [2.05, 4.69) is 5.32 Å². The molecule has 0 spiro atoms. The van der Waals surface area contributed by atoms with E-state index in [0.29, 0.717) is 0 Å². The van der Waals surface area contributed by atoms with Crippen LogP contribution in [0.25, 0.3) is 0 Å². The van der Waals surface area contributed by atoms with Gasteiger partial charge in [-0.15, -0.1) is 11.3 Å². The van der Waals surface area contributed by atoms with Crippen LogP contribution in [0.2, 0.25) is 5.02 Å². The summed E-state index contributed by atoms with van der Waals surface area (Å²) in [6.07, 6.45) is 0.559. The molecule has 0 aliphatic carbocycles. The lowest BCUT2D eigenvalue weighted by Crippen LogP contribution is -2.40. The topological polar surface area (TPSA) is 136 Å². The van der Waals surface area contributed by atoms with E-state index in [1.807, 2.05) is 0 Å². The van der Waals surface area contributed by atoms with Crippen molar-refractivity contribution in [3.05, 3.63) is 50.8 Å². The Kier molecular flexibility index (Phi) is 7.26. The van der Waals surface area contributed by atoms with E-state index < -0.39 is 39.3 Å². The fraction of sp³-hybridized carbons (Fsp3) is 0.333. The number of nitrogens with zero attached hydrogens (tertiary/aromatic N) is 2. The minimum atomic E-state index is -3.57. The number of nitro benzene ring substituents is 1. The van der Waals surface area contributed by atoms with Crippen LogP contribution in [0.15, 0.2) is 39.9 Å². The number of sulfonamides is 1. The van der Waals surface area contributed by atoms with Gasteiger partial charge in [-0.2, -0.15) is 4.31 Å². The third-order valence-electron chi connectivity index (χ3n) is 4.66. The van der Waals surface area contributed by atoms with E-state index >= 15 is 0 Å². The molecule has 31 heavy (non-hydrogen) atoms. The highest BCUT2D eigenvalue weighted by molar-refractivity contribution is 7.91. The van der Waals surface area contributed by atoms with Crippen molar-refractivity contribution >= 4 is 56.2 Å². The fourth-order valence-corrected chi connectivity index (χ4v) is 5.81. The van der Waals surface area contributed by atoms with Crippen LogP contribution in [0, 0.1) is 16.0 Å². The standard InChI is InChI=1S/C18H18ClN3O7S2/c19-14-4-3-13(22(25)26)10-15(14)20-16(23)11-29-18(24)12-5-7-21(8-6-12)31(27,28)17-2-1-9-30-17/h1-4,9-10,12H,5-8,11H2,(H,20,23). The molecule has 10 nitrogen and oxygen atoms in total. The van der Waals surface area contributed by atoms with E-state index in [1.54, 1.807) is 11.4 Å². The first-order valence-corrected chi connectivity index (χ1v) is 11.8. The number of non-ortho nitro benzene ring substituents is 1. The number of ether oxygens (including phenoxy) is 1. The summed E-state index contributed by atoms with van der Waals surface area (Å²) < 4.78 is 31.7. The first-order chi connectivity index (χ1) is 14.7. The molecule has 2 aromatic rings. The number of amides is 1. The molecule has 0 atom stereocenters. The van der Waals surface area contributed by atoms with Crippen LogP contribution in [-0.2, 0) is 24.3 Å². The third-order valence-corrected chi connectivity index (χ3v) is 8.26. The van der Waals surface area contributed by atoms with Gasteiger partial charge in [-0.3, -0.25) is 19.7 Å². The Labute approximate surface area is 187 Å². The molecule has 0 saturated carbocycles. The van der Waals surface area contributed by atoms with Crippen LogP contribution < -0.4 is 5.32 Å². The van der Waals surface area contributed by atoms with Gasteiger partial charge in [0.15, 0.2) is 6.61 Å². The molecule has 13 heteroatoms. The van der Waals surface area contributed by atoms with Crippen LogP contribution in [0.5, 0.6) is 0 Å². The molecule has 1 aliphatic heterocycles. The highest BCUT2D eigenvalue weighted by Gasteiger charge is 2.33. The maximum absolute atomic E-state index is 12.5. The summed E-state index contributed by atoms with van der Waals surface area (Å²) in [7, 11) is -3.57. The lowest BCUT2D eigenvalue weighted by molar-refractivity contribution is -0.384. The van der Waals surface area contributed by atoms with Crippen molar-refractivity contribution < 1.29 is 27.7 Å². The Bertz CT molecular complexity index is 1080. The zero-order valence-electron chi connectivity index (χ0n) is 16.0. The van der Waals surface area contributed by atoms with Crippen molar-refractivity contribution in [3.63, 3.8) is 0 Å². The molecule has 3 rings (SSSR count). The molecule has 0 unspecified atom stereocenters. The van der Waals surface area contributed by atoms with E-state index in [0.717, 1.165) is 17.4 Å². The van der Waals surface area contributed by atoms with E-state index in [1.165, 1.54) is 22.5 Å². The summed E-state index contributed by atoms with van der Waals surface area (Å²) in [5, 5.41) is 15.0. The van der Waals surface area contributed by atoms with Crippen LogP contribution >= 0.6 is 22.9 Å². The number of piperidine rings is 1. The van der Waals surface area contributed by atoms with E-state index in [4.69, 9.17) is 16.3 Å². The van der Waals surface area contributed by atoms with Crippen molar-refractivity contribution in [1.82, 2.24) is 4.31 Å². The highest BCUT2D eigenvalue weighted by Crippen LogP contribution is 2.28. The Morgan fingerprint density at radius 3 is 2.61 bits per heavy atom. The summed E-state index contributed by atoms with van der Waals surface area (Å²) in [6.45, 7) is -0.240. The second-order valence-corrected chi connectivity index (χ2v) is 10.2.